The van der Waals surface area contributed by atoms with Gasteiger partial charge in [0, 0.05) is 38.0 Å². The van der Waals surface area contributed by atoms with Crippen LogP contribution in [0.3, 0.4) is 0 Å². The molecule has 1 aliphatic rings. The number of hydrogen-bond acceptors (Lipinski definition) is 7. The van der Waals surface area contributed by atoms with Crippen molar-refractivity contribution in [2.24, 2.45) is 5.92 Å². The van der Waals surface area contributed by atoms with Crippen molar-refractivity contribution in [3.05, 3.63) is 30.6 Å². The molecule has 0 unspecified atom stereocenters. The third-order valence-electron chi connectivity index (χ3n) is 4.61. The number of ether oxygens (including phenoxy) is 2. The molecule has 1 fully saturated rings. The molecular formula is C18H25N3O7S. The van der Waals surface area contributed by atoms with Crippen molar-refractivity contribution in [3.8, 4) is 22.9 Å². The van der Waals surface area contributed by atoms with Crippen molar-refractivity contribution in [1.82, 2.24) is 13.9 Å². The number of methoxy groups -OCH3 is 1. The van der Waals surface area contributed by atoms with E-state index in [1.165, 1.54) is 25.5 Å². The second-order valence-electron chi connectivity index (χ2n) is 6.58. The van der Waals surface area contributed by atoms with Crippen molar-refractivity contribution >= 4 is 16.5 Å². The SMILES string of the molecule is COc1ccc(-c2nccn2[C@@H]2COC[C@@H]2CS(=O)(=O)N(C)C)cc1O.O=CO. The molecular weight excluding hydrogens is 402 g/mol. The number of aromatic hydroxyl groups is 1. The lowest BCUT2D eigenvalue weighted by Gasteiger charge is -2.22. The molecule has 0 amide bonds. The Balaban J connectivity index is 0.000000941. The van der Waals surface area contributed by atoms with Gasteiger partial charge in [-0.2, -0.15) is 0 Å². The highest BCUT2D eigenvalue weighted by Gasteiger charge is 2.35. The van der Waals surface area contributed by atoms with Gasteiger partial charge in [0.25, 0.3) is 6.47 Å². The maximum atomic E-state index is 12.3. The fraction of sp³-hybridized carbons (Fsp3) is 0.444. The number of carbonyl (C=O) groups is 1. The number of imidazole rings is 1. The summed E-state index contributed by atoms with van der Waals surface area (Å²) in [5.41, 5.74) is 0.717. The van der Waals surface area contributed by atoms with Crippen LogP contribution in [0.5, 0.6) is 11.5 Å². The normalized spacial score (nSPS) is 18.9. The highest BCUT2D eigenvalue weighted by molar-refractivity contribution is 7.89. The van der Waals surface area contributed by atoms with E-state index in [0.29, 0.717) is 24.8 Å². The van der Waals surface area contributed by atoms with E-state index in [2.05, 4.69) is 4.98 Å². The average Bonchev–Trinajstić information content (AvgIpc) is 3.30. The zero-order valence-corrected chi connectivity index (χ0v) is 17.2. The van der Waals surface area contributed by atoms with Gasteiger partial charge in [-0.3, -0.25) is 4.79 Å². The van der Waals surface area contributed by atoms with Crippen LogP contribution in [-0.2, 0) is 19.6 Å². The van der Waals surface area contributed by atoms with Crippen molar-refractivity contribution in [2.45, 2.75) is 6.04 Å². The van der Waals surface area contributed by atoms with Crippen molar-refractivity contribution in [2.75, 3.05) is 40.2 Å². The Morgan fingerprint density at radius 2 is 2.07 bits per heavy atom. The van der Waals surface area contributed by atoms with E-state index in [9.17, 15) is 13.5 Å². The maximum absolute atomic E-state index is 12.3. The molecule has 29 heavy (non-hydrogen) atoms. The summed E-state index contributed by atoms with van der Waals surface area (Å²) in [6, 6.07) is 4.91. The molecule has 1 aliphatic heterocycles. The fourth-order valence-corrected chi connectivity index (χ4v) is 4.26. The monoisotopic (exact) mass is 427 g/mol. The van der Waals surface area contributed by atoms with E-state index in [-0.39, 0.29) is 29.9 Å². The highest BCUT2D eigenvalue weighted by atomic mass is 32.2. The number of hydrogen-bond donors (Lipinski definition) is 2. The number of aromatic nitrogens is 2. The van der Waals surface area contributed by atoms with Gasteiger partial charge in [-0.05, 0) is 18.2 Å². The summed E-state index contributed by atoms with van der Waals surface area (Å²) in [4.78, 5) is 12.8. The van der Waals surface area contributed by atoms with Crippen molar-refractivity contribution < 1.29 is 32.9 Å². The number of carboxylic acid groups (broad SMARTS) is 1. The first-order valence-electron chi connectivity index (χ1n) is 8.71. The summed E-state index contributed by atoms with van der Waals surface area (Å²) in [5.74, 6) is 0.878. The standard InChI is InChI=1S/C17H23N3O5S.CH2O2/c1-19(2)26(22,23)11-13-9-25-10-14(13)20-7-6-18-17(20)12-4-5-16(24-3)15(21)8-12;2-1-3/h4-8,13-14,21H,9-11H2,1-3H3;1H,(H,2,3)/t13-,14-;/m1./s1. The number of phenols is 1. The predicted molar refractivity (Wildman–Crippen MR) is 105 cm³/mol. The van der Waals surface area contributed by atoms with Gasteiger partial charge in [-0.25, -0.2) is 17.7 Å². The highest BCUT2D eigenvalue weighted by Crippen LogP contribution is 2.34. The Hall–Kier alpha value is -2.63. The smallest absolute Gasteiger partial charge is 0.290 e. The molecule has 0 spiro atoms. The maximum Gasteiger partial charge on any atom is 0.290 e. The zero-order valence-electron chi connectivity index (χ0n) is 16.4. The Bertz CT molecular complexity index is 927. The predicted octanol–water partition coefficient (Wildman–Crippen LogP) is 1.04. The number of phenolic OH excluding ortho intramolecular Hbond substituents is 1. The number of sulfonamides is 1. The molecule has 160 valence electrons. The second-order valence-corrected chi connectivity index (χ2v) is 8.80. The molecule has 10 nitrogen and oxygen atoms in total. The van der Waals surface area contributed by atoms with Crippen molar-refractivity contribution in [3.63, 3.8) is 0 Å². The Morgan fingerprint density at radius 1 is 1.38 bits per heavy atom. The van der Waals surface area contributed by atoms with Gasteiger partial charge >= 0.3 is 0 Å². The first kappa shape index (κ1) is 22.7. The molecule has 2 N–H and O–H groups in total. The van der Waals surface area contributed by atoms with Crippen LogP contribution >= 0.6 is 0 Å². The molecule has 0 radical (unpaired) electrons. The molecule has 11 heteroatoms. The summed E-state index contributed by atoms with van der Waals surface area (Å²) in [6.45, 7) is 0.544. The molecule has 2 aromatic rings. The van der Waals surface area contributed by atoms with Crippen LogP contribution < -0.4 is 4.74 Å². The minimum absolute atomic E-state index is 0.0101. The molecule has 1 aromatic heterocycles. The average molecular weight is 427 g/mol. The quantitative estimate of drug-likeness (QED) is 0.654. The summed E-state index contributed by atoms with van der Waals surface area (Å²) in [5, 5.41) is 16.9. The first-order valence-corrected chi connectivity index (χ1v) is 10.3. The third-order valence-corrected chi connectivity index (χ3v) is 6.57. The number of rotatable bonds is 6. The van der Waals surface area contributed by atoms with Crippen LogP contribution in [0, 0.1) is 5.92 Å². The third kappa shape index (κ3) is 5.25. The van der Waals surface area contributed by atoms with Gasteiger partial charge < -0.3 is 24.3 Å². The Kier molecular flexibility index (Phi) is 7.59. The van der Waals surface area contributed by atoms with Crippen molar-refractivity contribution in [1.29, 1.82) is 0 Å². The van der Waals surface area contributed by atoms with Crippen LogP contribution in [-0.4, -0.2) is 79.1 Å². The number of benzene rings is 1. The molecule has 0 aliphatic carbocycles. The van der Waals surface area contributed by atoms with Crippen LogP contribution in [0.4, 0.5) is 0 Å². The minimum Gasteiger partial charge on any atom is -0.504 e. The zero-order chi connectivity index (χ0) is 21.6. The van der Waals surface area contributed by atoms with Gasteiger partial charge in [0.05, 0.1) is 32.1 Å². The summed E-state index contributed by atoms with van der Waals surface area (Å²) < 4.78 is 38.3. The summed E-state index contributed by atoms with van der Waals surface area (Å²) >= 11 is 0. The topological polar surface area (TPSA) is 131 Å². The summed E-state index contributed by atoms with van der Waals surface area (Å²) in [6.07, 6.45) is 3.47. The lowest BCUT2D eigenvalue weighted by molar-refractivity contribution is -0.122. The van der Waals surface area contributed by atoms with Gasteiger partial charge in [0.15, 0.2) is 11.5 Å². The van der Waals surface area contributed by atoms with E-state index >= 15 is 0 Å². The largest absolute Gasteiger partial charge is 0.504 e. The molecule has 1 saturated heterocycles. The van der Waals surface area contributed by atoms with Gasteiger partial charge in [0.2, 0.25) is 10.0 Å². The lowest BCUT2D eigenvalue weighted by atomic mass is 10.1. The van der Waals surface area contributed by atoms with Gasteiger partial charge in [0.1, 0.15) is 5.82 Å². The van der Waals surface area contributed by atoms with E-state index < -0.39 is 10.0 Å². The van der Waals surface area contributed by atoms with E-state index in [4.69, 9.17) is 19.4 Å². The van der Waals surface area contributed by atoms with Crippen LogP contribution in [0.1, 0.15) is 6.04 Å². The van der Waals surface area contributed by atoms with E-state index in [0.717, 1.165) is 5.56 Å². The van der Waals surface area contributed by atoms with Gasteiger partial charge in [-0.1, -0.05) is 0 Å². The van der Waals surface area contributed by atoms with Crippen LogP contribution in [0.25, 0.3) is 11.4 Å². The molecule has 1 aromatic carbocycles. The lowest BCUT2D eigenvalue weighted by Crippen LogP contribution is -2.32. The second kappa shape index (κ2) is 9.72. The van der Waals surface area contributed by atoms with Crippen LogP contribution in [0.2, 0.25) is 0 Å². The van der Waals surface area contributed by atoms with Crippen LogP contribution in [0.15, 0.2) is 30.6 Å². The molecule has 2 atom stereocenters. The van der Waals surface area contributed by atoms with Gasteiger partial charge in [-0.15, -0.1) is 0 Å². The Labute approximate surface area is 169 Å². The number of nitrogens with zero attached hydrogens (tertiary/aromatic N) is 3. The first-order chi connectivity index (χ1) is 13.7. The fourth-order valence-electron chi connectivity index (χ4n) is 3.11. The van der Waals surface area contributed by atoms with E-state index in [1.807, 2.05) is 10.8 Å². The molecule has 3 rings (SSSR count). The molecule has 2 heterocycles. The minimum atomic E-state index is -3.34. The van der Waals surface area contributed by atoms with E-state index in [1.54, 1.807) is 24.4 Å². The Morgan fingerprint density at radius 3 is 2.66 bits per heavy atom. The summed E-state index contributed by atoms with van der Waals surface area (Å²) in [7, 11) is 1.21. The molecule has 0 saturated carbocycles. The molecule has 0 bridgehead atoms.